The monoisotopic (exact) mass is 224 g/mol. The Labute approximate surface area is 99.8 Å². The molecule has 1 atom stereocenters. The summed E-state index contributed by atoms with van der Waals surface area (Å²) in [5, 5.41) is 8.09. The molecule has 3 nitrogen and oxygen atoms in total. The fourth-order valence-corrected chi connectivity index (χ4v) is 1.45. The molecule has 0 aliphatic rings. The maximum absolute atomic E-state index is 11.0. The van der Waals surface area contributed by atoms with Gasteiger partial charge in [-0.15, -0.1) is 0 Å². The minimum atomic E-state index is -0.531. The van der Waals surface area contributed by atoms with Crippen LogP contribution < -0.4 is 0 Å². The van der Waals surface area contributed by atoms with Crippen LogP contribution in [-0.4, -0.2) is 6.29 Å². The third kappa shape index (κ3) is 3.08. The lowest BCUT2D eigenvalue weighted by Gasteiger charge is -2.02. The maximum Gasteiger partial charge on any atom is 0.151 e. The van der Waals surface area contributed by atoms with Crippen molar-refractivity contribution in [2.75, 3.05) is 0 Å². The van der Waals surface area contributed by atoms with Crippen molar-refractivity contribution in [3.63, 3.8) is 0 Å². The lowest BCUT2D eigenvalue weighted by molar-refractivity contribution is -0.109. The molecule has 0 N–H and O–H groups in total. The van der Waals surface area contributed by atoms with Gasteiger partial charge in [0.05, 0.1) is 5.69 Å². The van der Waals surface area contributed by atoms with E-state index in [0.717, 1.165) is 17.5 Å². The van der Waals surface area contributed by atoms with E-state index in [0.29, 0.717) is 0 Å². The average Bonchev–Trinajstić information content (AvgIpc) is 2.42. The van der Waals surface area contributed by atoms with E-state index < -0.39 is 6.04 Å². The summed E-state index contributed by atoms with van der Waals surface area (Å²) in [6, 6.07) is 18.2. The van der Waals surface area contributed by atoms with E-state index in [-0.39, 0.29) is 0 Å². The zero-order chi connectivity index (χ0) is 11.9. The van der Waals surface area contributed by atoms with Crippen LogP contribution in [-0.2, 0) is 4.79 Å². The van der Waals surface area contributed by atoms with Gasteiger partial charge in [-0.05, 0) is 17.7 Å². The molecule has 0 aromatic heterocycles. The number of carbonyl (C=O) groups is 1. The van der Waals surface area contributed by atoms with Crippen LogP contribution in [0.5, 0.6) is 0 Å². The van der Waals surface area contributed by atoms with Gasteiger partial charge in [0.15, 0.2) is 12.3 Å². The van der Waals surface area contributed by atoms with Crippen LogP contribution in [0.1, 0.15) is 11.6 Å². The molecule has 0 bridgehead atoms. The van der Waals surface area contributed by atoms with Crippen molar-refractivity contribution < 1.29 is 4.79 Å². The first-order valence-corrected chi connectivity index (χ1v) is 5.36. The van der Waals surface area contributed by atoms with Gasteiger partial charge in [-0.1, -0.05) is 48.5 Å². The molecule has 0 radical (unpaired) electrons. The Morgan fingerprint density at radius 1 is 0.882 bits per heavy atom. The molecule has 0 saturated heterocycles. The topological polar surface area (TPSA) is 41.8 Å². The maximum atomic E-state index is 11.0. The van der Waals surface area contributed by atoms with Gasteiger partial charge in [0.1, 0.15) is 0 Å². The first kappa shape index (κ1) is 11.2. The Morgan fingerprint density at radius 2 is 1.47 bits per heavy atom. The average molecular weight is 224 g/mol. The van der Waals surface area contributed by atoms with E-state index in [4.69, 9.17) is 0 Å². The summed E-state index contributed by atoms with van der Waals surface area (Å²) in [4.78, 5) is 11.0. The second-order valence-electron chi connectivity index (χ2n) is 3.54. The zero-order valence-corrected chi connectivity index (χ0v) is 9.23. The molecular formula is C14H12N2O. The van der Waals surface area contributed by atoms with Crippen LogP contribution in [0.4, 0.5) is 5.69 Å². The molecule has 84 valence electrons. The summed E-state index contributed by atoms with van der Waals surface area (Å²) in [6.45, 7) is 0. The van der Waals surface area contributed by atoms with Gasteiger partial charge >= 0.3 is 0 Å². The van der Waals surface area contributed by atoms with Gasteiger partial charge in [0, 0.05) is 0 Å². The molecule has 0 amide bonds. The molecule has 3 heteroatoms. The highest BCUT2D eigenvalue weighted by Crippen LogP contribution is 2.18. The summed E-state index contributed by atoms with van der Waals surface area (Å²) in [6.07, 6.45) is 0.793. The molecule has 0 heterocycles. The van der Waals surface area contributed by atoms with Crippen LogP contribution in [0, 0.1) is 0 Å². The number of aldehydes is 1. The SMILES string of the molecule is O=CC(N=Nc1ccccc1)c1ccccc1. The van der Waals surface area contributed by atoms with Gasteiger partial charge in [0.2, 0.25) is 0 Å². The molecule has 0 saturated carbocycles. The first-order chi connectivity index (χ1) is 8.40. The highest BCUT2D eigenvalue weighted by atomic mass is 16.1. The molecule has 0 aliphatic carbocycles. The molecule has 2 rings (SSSR count). The van der Waals surface area contributed by atoms with Crippen LogP contribution in [0.3, 0.4) is 0 Å². The summed E-state index contributed by atoms with van der Waals surface area (Å²) in [5.41, 5.74) is 1.59. The van der Waals surface area contributed by atoms with E-state index in [1.165, 1.54) is 0 Å². The van der Waals surface area contributed by atoms with Gasteiger partial charge in [-0.3, -0.25) is 0 Å². The standard InChI is InChI=1S/C14H12N2O/c17-11-14(12-7-3-1-4-8-12)16-15-13-9-5-2-6-10-13/h1-11,14H. The highest BCUT2D eigenvalue weighted by Gasteiger charge is 2.07. The minimum absolute atomic E-state index is 0.531. The molecule has 17 heavy (non-hydrogen) atoms. The Bertz CT molecular complexity index is 494. The quantitative estimate of drug-likeness (QED) is 0.576. The number of carbonyl (C=O) groups excluding carboxylic acids is 1. The third-order valence-electron chi connectivity index (χ3n) is 2.32. The number of hydrogen-bond acceptors (Lipinski definition) is 3. The van der Waals surface area contributed by atoms with Crippen LogP contribution in [0.15, 0.2) is 70.9 Å². The van der Waals surface area contributed by atoms with E-state index in [2.05, 4.69) is 10.2 Å². The third-order valence-corrected chi connectivity index (χ3v) is 2.32. The van der Waals surface area contributed by atoms with Gasteiger partial charge in [-0.25, -0.2) is 0 Å². The summed E-state index contributed by atoms with van der Waals surface area (Å²) < 4.78 is 0. The van der Waals surface area contributed by atoms with Crippen molar-refractivity contribution in [1.29, 1.82) is 0 Å². The molecule has 0 spiro atoms. The van der Waals surface area contributed by atoms with E-state index in [1.807, 2.05) is 60.7 Å². The lowest BCUT2D eigenvalue weighted by Crippen LogP contribution is -1.94. The predicted molar refractivity (Wildman–Crippen MR) is 66.2 cm³/mol. The number of hydrogen-bond donors (Lipinski definition) is 0. The van der Waals surface area contributed by atoms with Crippen molar-refractivity contribution in [3.8, 4) is 0 Å². The Balaban J connectivity index is 2.16. The van der Waals surface area contributed by atoms with Gasteiger partial charge in [-0.2, -0.15) is 10.2 Å². The van der Waals surface area contributed by atoms with Crippen molar-refractivity contribution >= 4 is 12.0 Å². The van der Waals surface area contributed by atoms with Crippen LogP contribution in [0.25, 0.3) is 0 Å². The molecule has 2 aromatic carbocycles. The van der Waals surface area contributed by atoms with Crippen molar-refractivity contribution in [3.05, 3.63) is 66.2 Å². The number of benzene rings is 2. The first-order valence-electron chi connectivity index (χ1n) is 5.36. The molecular weight excluding hydrogens is 212 g/mol. The van der Waals surface area contributed by atoms with E-state index >= 15 is 0 Å². The summed E-state index contributed by atoms with van der Waals surface area (Å²) in [7, 11) is 0. The minimum Gasteiger partial charge on any atom is -0.301 e. The van der Waals surface area contributed by atoms with Crippen molar-refractivity contribution in [1.82, 2.24) is 0 Å². The highest BCUT2D eigenvalue weighted by molar-refractivity contribution is 5.61. The number of nitrogens with zero attached hydrogens (tertiary/aromatic N) is 2. The Kier molecular flexibility index (Phi) is 3.76. The summed E-state index contributed by atoms with van der Waals surface area (Å²) >= 11 is 0. The van der Waals surface area contributed by atoms with Crippen LogP contribution >= 0.6 is 0 Å². The van der Waals surface area contributed by atoms with Crippen molar-refractivity contribution in [2.24, 2.45) is 10.2 Å². The Hall–Kier alpha value is -2.29. The lowest BCUT2D eigenvalue weighted by atomic mass is 10.1. The normalized spacial score (nSPS) is 12.5. The second kappa shape index (κ2) is 5.70. The zero-order valence-electron chi connectivity index (χ0n) is 9.23. The molecule has 0 fully saturated rings. The largest absolute Gasteiger partial charge is 0.301 e. The fraction of sp³-hybridized carbons (Fsp3) is 0.0714. The summed E-state index contributed by atoms with van der Waals surface area (Å²) in [5.74, 6) is 0. The van der Waals surface area contributed by atoms with Gasteiger partial charge in [0.25, 0.3) is 0 Å². The second-order valence-corrected chi connectivity index (χ2v) is 3.54. The van der Waals surface area contributed by atoms with Gasteiger partial charge < -0.3 is 4.79 Å². The van der Waals surface area contributed by atoms with E-state index in [9.17, 15) is 4.79 Å². The van der Waals surface area contributed by atoms with E-state index in [1.54, 1.807) is 0 Å². The van der Waals surface area contributed by atoms with Crippen LogP contribution in [0.2, 0.25) is 0 Å². The molecule has 2 aromatic rings. The Morgan fingerprint density at radius 3 is 2.06 bits per heavy atom. The fourth-order valence-electron chi connectivity index (χ4n) is 1.45. The molecule has 0 aliphatic heterocycles. The van der Waals surface area contributed by atoms with Crippen molar-refractivity contribution in [2.45, 2.75) is 6.04 Å². The molecule has 1 unspecified atom stereocenters. The predicted octanol–water partition coefficient (Wildman–Crippen LogP) is 3.71. The smallest absolute Gasteiger partial charge is 0.151 e. The number of azo groups is 1. The number of rotatable bonds is 4.